The highest BCUT2D eigenvalue weighted by molar-refractivity contribution is 7.21. The van der Waals surface area contributed by atoms with Crippen LogP contribution in [0.25, 0.3) is 10.2 Å². The number of urea groups is 1. The zero-order valence-corrected chi connectivity index (χ0v) is 24.4. The van der Waals surface area contributed by atoms with Crippen molar-refractivity contribution in [1.29, 1.82) is 5.26 Å². The van der Waals surface area contributed by atoms with E-state index >= 15 is 0 Å². The molecule has 4 aromatic rings. The number of nitriles is 1. The first-order valence-corrected chi connectivity index (χ1v) is 14.8. The highest BCUT2D eigenvalue weighted by Crippen LogP contribution is 2.53. The predicted octanol–water partition coefficient (Wildman–Crippen LogP) is 5.74. The molecule has 12 nitrogen and oxygen atoms in total. The van der Waals surface area contributed by atoms with Crippen LogP contribution in [0.2, 0.25) is 5.02 Å². The Balaban J connectivity index is 1.18. The second kappa shape index (κ2) is 10.9. The summed E-state index contributed by atoms with van der Waals surface area (Å²) in [4.78, 5) is 40.2. The van der Waals surface area contributed by atoms with Gasteiger partial charge in [0, 0.05) is 18.3 Å². The van der Waals surface area contributed by atoms with E-state index in [4.69, 9.17) is 25.8 Å². The molecule has 1 atom stereocenters. The van der Waals surface area contributed by atoms with Crippen LogP contribution in [0.1, 0.15) is 34.5 Å². The standard InChI is InChI=1S/C29H24ClN7O5S/c1-36-9-3-2-4-17(36)13-40-20-8-5-16(12-32-20)34-27(38)26-22-21-23(15(10-31)11-33-28(21)43-26)37(29(39)35-22)24-18(30)6-7-19-25(24)42-14-41-19/h5-8,11-12,17H,2-4,9,13-14H2,1H3,(H,34,38)(H,35,39). The van der Waals surface area contributed by atoms with Gasteiger partial charge >= 0.3 is 6.03 Å². The number of carbonyl (C=O) groups excluding carboxylic acids is 2. The number of anilines is 4. The number of ether oxygens (including phenoxy) is 3. The van der Waals surface area contributed by atoms with Crippen LogP contribution in [0.4, 0.5) is 27.5 Å². The van der Waals surface area contributed by atoms with Crippen molar-refractivity contribution >= 4 is 67.8 Å². The fraction of sp³-hybridized carbons (Fsp3) is 0.276. The Morgan fingerprint density at radius 2 is 2.12 bits per heavy atom. The Labute approximate surface area is 254 Å². The number of piperidine rings is 1. The van der Waals surface area contributed by atoms with Gasteiger partial charge in [-0.15, -0.1) is 11.3 Å². The van der Waals surface area contributed by atoms with Crippen molar-refractivity contribution in [2.75, 3.05) is 42.5 Å². The summed E-state index contributed by atoms with van der Waals surface area (Å²) in [6.07, 6.45) is 6.37. The lowest BCUT2D eigenvalue weighted by molar-refractivity contribution is 0.103. The van der Waals surface area contributed by atoms with Gasteiger partial charge in [0.05, 0.1) is 39.2 Å². The van der Waals surface area contributed by atoms with Crippen LogP contribution in [-0.4, -0.2) is 59.8 Å². The maximum absolute atomic E-state index is 13.7. The summed E-state index contributed by atoms with van der Waals surface area (Å²) in [6, 6.07) is 8.48. The second-order valence-electron chi connectivity index (χ2n) is 10.3. The van der Waals surface area contributed by atoms with Crippen molar-refractivity contribution in [2.24, 2.45) is 0 Å². The topological polar surface area (TPSA) is 142 Å². The minimum atomic E-state index is -0.624. The number of rotatable bonds is 6. The first kappa shape index (κ1) is 27.2. The largest absolute Gasteiger partial charge is 0.476 e. The third-order valence-corrected chi connectivity index (χ3v) is 9.11. The minimum absolute atomic E-state index is 0.0388. The SMILES string of the molecule is CN1CCCCC1COc1ccc(NC(=O)c2sc3ncc(C#N)c4c3c2NC(=O)N4c2c(Cl)ccc3c2OCO3)cn1. The van der Waals surface area contributed by atoms with Gasteiger partial charge in [-0.2, -0.15) is 5.26 Å². The first-order valence-electron chi connectivity index (χ1n) is 13.6. The summed E-state index contributed by atoms with van der Waals surface area (Å²) in [6.45, 7) is 1.57. The molecule has 0 saturated carbocycles. The van der Waals surface area contributed by atoms with Crippen molar-refractivity contribution in [2.45, 2.75) is 25.3 Å². The molecule has 0 bridgehead atoms. The van der Waals surface area contributed by atoms with E-state index in [1.807, 2.05) is 0 Å². The quantitative estimate of drug-likeness (QED) is 0.277. The molecule has 6 heterocycles. The Kier molecular flexibility index (Phi) is 6.89. The van der Waals surface area contributed by atoms with E-state index in [-0.39, 0.29) is 45.1 Å². The molecule has 1 aromatic carbocycles. The molecule has 0 aliphatic carbocycles. The molecule has 3 aliphatic rings. The maximum Gasteiger partial charge on any atom is 0.331 e. The van der Waals surface area contributed by atoms with Gasteiger partial charge in [-0.25, -0.2) is 14.8 Å². The Morgan fingerprint density at radius 3 is 2.91 bits per heavy atom. The van der Waals surface area contributed by atoms with E-state index in [0.29, 0.717) is 40.2 Å². The molecule has 3 aliphatic heterocycles. The van der Waals surface area contributed by atoms with E-state index in [9.17, 15) is 14.9 Å². The van der Waals surface area contributed by atoms with Gasteiger partial charge in [0.1, 0.15) is 28.1 Å². The zero-order chi connectivity index (χ0) is 29.7. The second-order valence-corrected chi connectivity index (χ2v) is 11.7. The highest BCUT2D eigenvalue weighted by Gasteiger charge is 2.38. The number of amides is 3. The van der Waals surface area contributed by atoms with E-state index in [1.54, 1.807) is 24.3 Å². The molecule has 1 unspecified atom stereocenters. The van der Waals surface area contributed by atoms with Crippen LogP contribution in [0.15, 0.2) is 36.7 Å². The van der Waals surface area contributed by atoms with Crippen LogP contribution >= 0.6 is 22.9 Å². The highest BCUT2D eigenvalue weighted by atomic mass is 35.5. The number of likely N-dealkylation sites (tertiary alicyclic amines) is 1. The molecule has 3 amide bonds. The summed E-state index contributed by atoms with van der Waals surface area (Å²) in [7, 11) is 2.10. The summed E-state index contributed by atoms with van der Waals surface area (Å²) < 4.78 is 17.0. The van der Waals surface area contributed by atoms with Crippen LogP contribution in [0.5, 0.6) is 17.4 Å². The molecular weight excluding hydrogens is 594 g/mol. The fourth-order valence-corrected chi connectivity index (χ4v) is 6.76. The van der Waals surface area contributed by atoms with Crippen LogP contribution < -0.4 is 29.7 Å². The van der Waals surface area contributed by atoms with Crippen molar-refractivity contribution in [1.82, 2.24) is 14.9 Å². The normalized spacial score (nSPS) is 17.5. The lowest BCUT2D eigenvalue weighted by Gasteiger charge is -2.31. The zero-order valence-electron chi connectivity index (χ0n) is 22.8. The van der Waals surface area contributed by atoms with Gasteiger partial charge in [-0.05, 0) is 44.6 Å². The van der Waals surface area contributed by atoms with E-state index < -0.39 is 11.9 Å². The lowest BCUT2D eigenvalue weighted by atomic mass is 10.0. The number of pyridine rings is 2. The third kappa shape index (κ3) is 4.73. The summed E-state index contributed by atoms with van der Waals surface area (Å²) in [5.41, 5.74) is 1.31. The van der Waals surface area contributed by atoms with Gasteiger partial charge in [0.15, 0.2) is 11.5 Å². The molecule has 0 spiro atoms. The van der Waals surface area contributed by atoms with Crippen molar-refractivity contribution in [3.8, 4) is 23.4 Å². The Morgan fingerprint density at radius 1 is 1.23 bits per heavy atom. The third-order valence-electron chi connectivity index (χ3n) is 7.70. The molecule has 14 heteroatoms. The van der Waals surface area contributed by atoms with Gasteiger partial charge in [-0.3, -0.25) is 9.69 Å². The summed E-state index contributed by atoms with van der Waals surface area (Å²) in [5.74, 6) is 0.697. The number of likely N-dealkylation sites (N-methyl/N-ethyl adjacent to an activating group) is 1. The summed E-state index contributed by atoms with van der Waals surface area (Å²) in [5, 5.41) is 16.3. The van der Waals surface area contributed by atoms with Crippen LogP contribution in [0.3, 0.4) is 0 Å². The number of halogens is 1. The molecule has 3 aromatic heterocycles. The molecular formula is C29H24ClN7O5S. The van der Waals surface area contributed by atoms with Crippen LogP contribution in [0, 0.1) is 11.3 Å². The van der Waals surface area contributed by atoms with Crippen molar-refractivity contribution in [3.63, 3.8) is 0 Å². The molecule has 7 rings (SSSR count). The van der Waals surface area contributed by atoms with Gasteiger partial charge in [-0.1, -0.05) is 18.0 Å². The monoisotopic (exact) mass is 617 g/mol. The maximum atomic E-state index is 13.7. The molecule has 218 valence electrons. The molecule has 1 fully saturated rings. The Hall–Kier alpha value is -4.64. The molecule has 1 saturated heterocycles. The predicted molar refractivity (Wildman–Crippen MR) is 161 cm³/mol. The number of thiophene rings is 1. The minimum Gasteiger partial charge on any atom is -0.476 e. The number of aromatic nitrogens is 2. The van der Waals surface area contributed by atoms with Crippen molar-refractivity contribution in [3.05, 3.63) is 52.1 Å². The molecule has 2 N–H and O–H groups in total. The van der Waals surface area contributed by atoms with Crippen molar-refractivity contribution < 1.29 is 23.8 Å². The lowest BCUT2D eigenvalue weighted by Crippen LogP contribution is -2.40. The average Bonchev–Trinajstić information content (AvgIpc) is 3.64. The number of nitrogens with one attached hydrogen (secondary N) is 2. The van der Waals surface area contributed by atoms with Gasteiger partial charge in [0.2, 0.25) is 12.7 Å². The van der Waals surface area contributed by atoms with E-state index in [0.717, 1.165) is 24.3 Å². The summed E-state index contributed by atoms with van der Waals surface area (Å²) >= 11 is 7.65. The first-order chi connectivity index (χ1) is 20.9. The van der Waals surface area contributed by atoms with Crippen LogP contribution in [-0.2, 0) is 0 Å². The number of carbonyl (C=O) groups is 2. The number of hydrogen-bond donors (Lipinski definition) is 2. The number of hydrogen-bond acceptors (Lipinski definition) is 10. The Bertz CT molecular complexity index is 1820. The molecule has 43 heavy (non-hydrogen) atoms. The van der Waals surface area contributed by atoms with E-state index in [2.05, 4.69) is 38.6 Å². The van der Waals surface area contributed by atoms with E-state index in [1.165, 1.54) is 30.1 Å². The number of fused-ring (bicyclic) bond motifs is 1. The molecule has 0 radical (unpaired) electrons. The average molecular weight is 618 g/mol. The fourth-order valence-electron chi connectivity index (χ4n) is 5.53. The van der Waals surface area contributed by atoms with Gasteiger partial charge < -0.3 is 29.7 Å². The number of nitrogens with zero attached hydrogens (tertiary/aromatic N) is 5. The smallest absolute Gasteiger partial charge is 0.331 e. The van der Waals surface area contributed by atoms with Gasteiger partial charge in [0.25, 0.3) is 5.91 Å². The number of benzene rings is 1.